The van der Waals surface area contributed by atoms with Crippen LogP contribution >= 0.6 is 0 Å². The molecular formula is C16H20N6. The van der Waals surface area contributed by atoms with Crippen molar-refractivity contribution in [2.75, 3.05) is 5.32 Å². The summed E-state index contributed by atoms with van der Waals surface area (Å²) in [4.78, 5) is 4.37. The first-order chi connectivity index (χ1) is 10.7. The molecule has 0 aliphatic heterocycles. The number of nitrogens with zero attached hydrogens (tertiary/aromatic N) is 4. The SMILES string of the molecule is Cc1nc(-c2cccc(N[C@H](C)CCn3cccn3)c2)n[nH]1. The number of nitrogens with one attached hydrogen (secondary N) is 2. The maximum Gasteiger partial charge on any atom is 0.181 e. The number of hydrogen-bond acceptors (Lipinski definition) is 4. The zero-order chi connectivity index (χ0) is 15.4. The minimum atomic E-state index is 0.355. The van der Waals surface area contributed by atoms with Gasteiger partial charge in [0.05, 0.1) is 0 Å². The summed E-state index contributed by atoms with van der Waals surface area (Å²) in [7, 11) is 0. The van der Waals surface area contributed by atoms with E-state index in [1.54, 1.807) is 6.20 Å². The van der Waals surface area contributed by atoms with Gasteiger partial charge in [-0.15, -0.1) is 0 Å². The van der Waals surface area contributed by atoms with Gasteiger partial charge in [0.25, 0.3) is 0 Å². The number of rotatable bonds is 6. The molecule has 0 aliphatic rings. The van der Waals surface area contributed by atoms with Gasteiger partial charge in [0.15, 0.2) is 5.82 Å². The smallest absolute Gasteiger partial charge is 0.181 e. The Balaban J connectivity index is 1.62. The highest BCUT2D eigenvalue weighted by molar-refractivity contribution is 5.62. The largest absolute Gasteiger partial charge is 0.383 e. The Morgan fingerprint density at radius 2 is 2.23 bits per heavy atom. The first-order valence-corrected chi connectivity index (χ1v) is 7.44. The molecule has 1 aromatic carbocycles. The van der Waals surface area contributed by atoms with Crippen LogP contribution in [0.25, 0.3) is 11.4 Å². The summed E-state index contributed by atoms with van der Waals surface area (Å²) in [6.45, 7) is 4.98. The van der Waals surface area contributed by atoms with Crippen LogP contribution in [0.1, 0.15) is 19.2 Å². The van der Waals surface area contributed by atoms with Gasteiger partial charge in [0.1, 0.15) is 5.82 Å². The molecule has 1 atom stereocenters. The molecule has 0 saturated carbocycles. The van der Waals surface area contributed by atoms with E-state index in [4.69, 9.17) is 0 Å². The highest BCUT2D eigenvalue weighted by atomic mass is 15.3. The van der Waals surface area contributed by atoms with Crippen LogP contribution in [0.3, 0.4) is 0 Å². The molecule has 2 N–H and O–H groups in total. The molecule has 0 radical (unpaired) electrons. The second-order valence-electron chi connectivity index (χ2n) is 5.43. The van der Waals surface area contributed by atoms with Crippen molar-refractivity contribution in [1.82, 2.24) is 25.0 Å². The first-order valence-electron chi connectivity index (χ1n) is 7.44. The second kappa shape index (κ2) is 6.43. The lowest BCUT2D eigenvalue weighted by molar-refractivity contribution is 0.546. The number of anilines is 1. The van der Waals surface area contributed by atoms with Gasteiger partial charge < -0.3 is 5.32 Å². The van der Waals surface area contributed by atoms with E-state index in [1.807, 2.05) is 36.0 Å². The van der Waals surface area contributed by atoms with Crippen LogP contribution in [0, 0.1) is 6.92 Å². The molecular weight excluding hydrogens is 276 g/mol. The average molecular weight is 296 g/mol. The maximum absolute atomic E-state index is 4.37. The molecule has 0 spiro atoms. The van der Waals surface area contributed by atoms with Gasteiger partial charge >= 0.3 is 0 Å². The zero-order valence-corrected chi connectivity index (χ0v) is 12.8. The molecule has 0 unspecified atom stereocenters. The van der Waals surface area contributed by atoms with Crippen molar-refractivity contribution in [2.24, 2.45) is 0 Å². The Hall–Kier alpha value is -2.63. The molecule has 3 aromatic rings. The highest BCUT2D eigenvalue weighted by Gasteiger charge is 2.07. The van der Waals surface area contributed by atoms with E-state index in [0.717, 1.165) is 35.9 Å². The molecule has 0 saturated heterocycles. The number of benzene rings is 1. The Morgan fingerprint density at radius 1 is 1.32 bits per heavy atom. The maximum atomic E-state index is 4.37. The van der Waals surface area contributed by atoms with Crippen molar-refractivity contribution in [3.05, 3.63) is 48.5 Å². The van der Waals surface area contributed by atoms with Gasteiger partial charge in [-0.25, -0.2) is 4.98 Å². The third kappa shape index (κ3) is 3.52. The molecule has 2 heterocycles. The lowest BCUT2D eigenvalue weighted by atomic mass is 10.1. The Labute approximate surface area is 129 Å². The molecule has 6 heteroatoms. The lowest BCUT2D eigenvalue weighted by Crippen LogP contribution is -2.17. The predicted octanol–water partition coefficient (Wildman–Crippen LogP) is 2.87. The Morgan fingerprint density at radius 3 is 2.95 bits per heavy atom. The van der Waals surface area contributed by atoms with Gasteiger partial charge in [-0.2, -0.15) is 10.2 Å². The quantitative estimate of drug-likeness (QED) is 0.733. The molecule has 0 fully saturated rings. The van der Waals surface area contributed by atoms with Crippen LogP contribution in [0.4, 0.5) is 5.69 Å². The summed E-state index contributed by atoms with van der Waals surface area (Å²) in [6, 6.07) is 10.5. The molecule has 2 aromatic heterocycles. The third-order valence-electron chi connectivity index (χ3n) is 3.48. The van der Waals surface area contributed by atoms with E-state index in [9.17, 15) is 0 Å². The van der Waals surface area contributed by atoms with E-state index >= 15 is 0 Å². The monoisotopic (exact) mass is 296 g/mol. The molecule has 114 valence electrons. The van der Waals surface area contributed by atoms with Gasteiger partial charge in [-0.1, -0.05) is 12.1 Å². The fourth-order valence-electron chi connectivity index (χ4n) is 2.34. The van der Waals surface area contributed by atoms with Gasteiger partial charge in [-0.05, 0) is 38.5 Å². The van der Waals surface area contributed by atoms with Gasteiger partial charge in [-0.3, -0.25) is 9.78 Å². The minimum absolute atomic E-state index is 0.355. The number of aryl methyl sites for hydroxylation is 2. The number of H-pyrrole nitrogens is 1. The second-order valence-corrected chi connectivity index (χ2v) is 5.43. The Bertz CT molecular complexity index is 716. The summed E-state index contributed by atoms with van der Waals surface area (Å²) >= 11 is 0. The number of hydrogen-bond donors (Lipinski definition) is 2. The normalized spacial score (nSPS) is 12.3. The summed E-state index contributed by atoms with van der Waals surface area (Å²) < 4.78 is 1.95. The van der Waals surface area contributed by atoms with Crippen molar-refractivity contribution in [1.29, 1.82) is 0 Å². The number of aromatic amines is 1. The fourth-order valence-corrected chi connectivity index (χ4v) is 2.34. The van der Waals surface area contributed by atoms with Crippen molar-refractivity contribution in [2.45, 2.75) is 32.9 Å². The molecule has 0 aliphatic carbocycles. The van der Waals surface area contributed by atoms with Crippen molar-refractivity contribution in [3.63, 3.8) is 0 Å². The van der Waals surface area contributed by atoms with Crippen LogP contribution in [0.5, 0.6) is 0 Å². The fraction of sp³-hybridized carbons (Fsp3) is 0.312. The van der Waals surface area contributed by atoms with Gasteiger partial charge in [0.2, 0.25) is 0 Å². The van der Waals surface area contributed by atoms with Crippen LogP contribution in [0.2, 0.25) is 0 Å². The Kier molecular flexibility index (Phi) is 4.18. The standard InChI is InChI=1S/C16H20N6/c1-12(7-10-22-9-4-8-17-22)18-15-6-3-5-14(11-15)16-19-13(2)20-21-16/h3-6,8-9,11-12,18H,7,10H2,1-2H3,(H,19,20,21)/t12-/m1/s1. The highest BCUT2D eigenvalue weighted by Crippen LogP contribution is 2.20. The molecule has 0 bridgehead atoms. The lowest BCUT2D eigenvalue weighted by Gasteiger charge is -2.15. The van der Waals surface area contributed by atoms with E-state index < -0.39 is 0 Å². The van der Waals surface area contributed by atoms with E-state index in [-0.39, 0.29) is 0 Å². The van der Waals surface area contributed by atoms with Crippen molar-refractivity contribution < 1.29 is 0 Å². The topological polar surface area (TPSA) is 71.4 Å². The molecule has 6 nitrogen and oxygen atoms in total. The summed E-state index contributed by atoms with van der Waals surface area (Å²) in [5.41, 5.74) is 2.08. The molecule has 0 amide bonds. The van der Waals surface area contributed by atoms with E-state index in [0.29, 0.717) is 6.04 Å². The summed E-state index contributed by atoms with van der Waals surface area (Å²) in [5.74, 6) is 1.55. The minimum Gasteiger partial charge on any atom is -0.383 e. The third-order valence-corrected chi connectivity index (χ3v) is 3.48. The summed E-state index contributed by atoms with van der Waals surface area (Å²) in [5, 5.41) is 14.8. The van der Waals surface area contributed by atoms with Gasteiger partial charge in [0, 0.05) is 36.2 Å². The first kappa shape index (κ1) is 14.3. The van der Waals surface area contributed by atoms with Crippen LogP contribution in [-0.2, 0) is 6.54 Å². The van der Waals surface area contributed by atoms with Crippen molar-refractivity contribution >= 4 is 5.69 Å². The average Bonchev–Trinajstić information content (AvgIpc) is 3.17. The van der Waals surface area contributed by atoms with E-state index in [2.05, 4.69) is 44.7 Å². The van der Waals surface area contributed by atoms with Crippen LogP contribution in [-0.4, -0.2) is 31.0 Å². The summed E-state index contributed by atoms with van der Waals surface area (Å²) in [6.07, 6.45) is 4.80. The van der Waals surface area contributed by atoms with E-state index in [1.165, 1.54) is 0 Å². The zero-order valence-electron chi connectivity index (χ0n) is 12.8. The molecule has 3 rings (SSSR count). The van der Waals surface area contributed by atoms with Crippen molar-refractivity contribution in [3.8, 4) is 11.4 Å². The predicted molar refractivity (Wildman–Crippen MR) is 86.5 cm³/mol. The van der Waals surface area contributed by atoms with Crippen LogP contribution < -0.4 is 5.32 Å². The molecule has 22 heavy (non-hydrogen) atoms. The number of aromatic nitrogens is 5. The van der Waals surface area contributed by atoms with Crippen LogP contribution in [0.15, 0.2) is 42.7 Å².